The molecule has 5 N–H and O–H groups in total. The minimum absolute atomic E-state index is 0.0638. The highest BCUT2D eigenvalue weighted by Gasteiger charge is 2.37. The summed E-state index contributed by atoms with van der Waals surface area (Å²) in [6.07, 6.45) is 0.202. The lowest BCUT2D eigenvalue weighted by Gasteiger charge is -2.32. The van der Waals surface area contributed by atoms with E-state index < -0.39 is 52.7 Å². The highest BCUT2D eigenvalue weighted by Crippen LogP contribution is 2.29. The average Bonchev–Trinajstić information content (AvgIpc) is 3.00. The molecular formula is C31H40N4O6S. The molecule has 0 aliphatic rings. The van der Waals surface area contributed by atoms with Gasteiger partial charge in [-0.15, -0.1) is 0 Å². The summed E-state index contributed by atoms with van der Waals surface area (Å²) in [6, 6.07) is 22.2. The molecule has 0 heterocycles. The third-order valence-electron chi connectivity index (χ3n) is 7.45. The second-order valence-electron chi connectivity index (χ2n) is 10.2. The second kappa shape index (κ2) is 14.9. The lowest BCUT2D eigenvalue weighted by Crippen LogP contribution is -2.53. The van der Waals surface area contributed by atoms with Crippen molar-refractivity contribution in [3.05, 3.63) is 96.1 Å². The first-order chi connectivity index (χ1) is 20.0. The summed E-state index contributed by atoms with van der Waals surface area (Å²) in [4.78, 5) is 27.8. The number of benzene rings is 3. The van der Waals surface area contributed by atoms with E-state index in [0.29, 0.717) is 18.5 Å². The monoisotopic (exact) mass is 596 g/mol. The van der Waals surface area contributed by atoms with Crippen molar-refractivity contribution in [3.63, 3.8) is 0 Å². The Hall–Kier alpha value is -3.77. The minimum atomic E-state index is -3.88. The zero-order valence-corrected chi connectivity index (χ0v) is 25.0. The molecule has 0 unspecified atom stereocenters. The molecule has 0 radical (unpaired) electrons. The molecule has 0 bridgehead atoms. The number of hydrogen-bond donors (Lipinski definition) is 3. The van der Waals surface area contributed by atoms with Gasteiger partial charge in [-0.1, -0.05) is 60.7 Å². The van der Waals surface area contributed by atoms with E-state index >= 15 is 0 Å². The number of hydrogen-bond acceptors (Lipinski definition) is 8. The molecule has 0 aliphatic heterocycles. The standard InChI is InChI=1S/C31H40N4O6S/c1-22(11-10-16-26(21-36)34(2)42(39,40)27-19-17-25(32)18-20-27)35(31(38)41-3)30(37)29(33)28(23-12-6-4-7-13-23)24-14-8-5-9-15-24/h4-9,12-15,17-20,22,26,28-29,36H,10-11,16,21,32-33H2,1-3H3/t22-,26-,29-/m0/s1. The van der Waals surface area contributed by atoms with E-state index in [2.05, 4.69) is 0 Å². The number of nitrogen functional groups attached to an aromatic ring is 1. The summed E-state index contributed by atoms with van der Waals surface area (Å²) >= 11 is 0. The van der Waals surface area contributed by atoms with Gasteiger partial charge in [-0.3, -0.25) is 4.79 Å². The van der Waals surface area contributed by atoms with Crippen molar-refractivity contribution >= 4 is 27.7 Å². The summed E-state index contributed by atoms with van der Waals surface area (Å²) in [5.74, 6) is -1.10. The number of aliphatic hydroxyl groups excluding tert-OH is 1. The van der Waals surface area contributed by atoms with Crippen LogP contribution in [-0.2, 0) is 19.6 Å². The molecule has 11 heteroatoms. The van der Waals surface area contributed by atoms with Gasteiger partial charge in [0.15, 0.2) is 0 Å². The van der Waals surface area contributed by atoms with Crippen LogP contribution in [0.15, 0.2) is 89.8 Å². The van der Waals surface area contributed by atoms with Crippen molar-refractivity contribution in [1.29, 1.82) is 0 Å². The van der Waals surface area contributed by atoms with Gasteiger partial charge in [0, 0.05) is 30.7 Å². The fourth-order valence-electron chi connectivity index (χ4n) is 4.98. The van der Waals surface area contributed by atoms with E-state index in [1.165, 1.54) is 38.4 Å². The van der Waals surface area contributed by atoms with Crippen LogP contribution >= 0.6 is 0 Å². The summed E-state index contributed by atoms with van der Waals surface area (Å²) in [5.41, 5.74) is 14.4. The third-order valence-corrected chi connectivity index (χ3v) is 9.38. The molecule has 0 aliphatic carbocycles. The predicted octanol–water partition coefficient (Wildman–Crippen LogP) is 3.56. The Labute approximate surface area is 247 Å². The number of carbonyl (C=O) groups is 2. The van der Waals surface area contributed by atoms with Gasteiger partial charge in [-0.2, -0.15) is 4.31 Å². The van der Waals surface area contributed by atoms with Gasteiger partial charge >= 0.3 is 6.09 Å². The van der Waals surface area contributed by atoms with Crippen LogP contribution in [-0.4, -0.2) is 73.6 Å². The van der Waals surface area contributed by atoms with Crippen LogP contribution in [0.2, 0.25) is 0 Å². The molecule has 0 aromatic heterocycles. The average molecular weight is 597 g/mol. The molecule has 0 fully saturated rings. The smallest absolute Gasteiger partial charge is 0.416 e. The van der Waals surface area contributed by atoms with E-state index in [1.54, 1.807) is 6.92 Å². The van der Waals surface area contributed by atoms with Crippen LogP contribution in [0.25, 0.3) is 0 Å². The van der Waals surface area contributed by atoms with Gasteiger partial charge < -0.3 is 21.3 Å². The summed E-state index contributed by atoms with van der Waals surface area (Å²) in [6.45, 7) is 1.31. The van der Waals surface area contributed by atoms with Crippen molar-refractivity contribution in [2.75, 3.05) is 26.5 Å². The lowest BCUT2D eigenvalue weighted by molar-refractivity contribution is -0.132. The lowest BCUT2D eigenvalue weighted by atomic mass is 9.84. The number of likely N-dealkylation sites (N-methyl/N-ethyl adjacent to an activating group) is 1. The van der Waals surface area contributed by atoms with E-state index in [1.807, 2.05) is 60.7 Å². The van der Waals surface area contributed by atoms with Crippen LogP contribution in [0.4, 0.5) is 10.5 Å². The fraction of sp³-hybridized carbons (Fsp3) is 0.355. The zero-order chi connectivity index (χ0) is 30.9. The fourth-order valence-corrected chi connectivity index (χ4v) is 6.36. The van der Waals surface area contributed by atoms with Crippen molar-refractivity contribution < 1.29 is 27.9 Å². The van der Waals surface area contributed by atoms with Crippen LogP contribution in [0.3, 0.4) is 0 Å². The maximum Gasteiger partial charge on any atom is 0.416 e. The number of aliphatic hydroxyl groups is 1. The molecule has 3 rings (SSSR count). The number of rotatable bonds is 13. The van der Waals surface area contributed by atoms with Crippen LogP contribution in [0.5, 0.6) is 0 Å². The topological polar surface area (TPSA) is 156 Å². The SMILES string of the molecule is COC(=O)N(C(=O)[C@@H](N)C(c1ccccc1)c1ccccc1)[C@@H](C)CCC[C@@H](CO)N(C)S(=O)(=O)c1ccc(N)cc1. The Bertz CT molecular complexity index is 1360. The molecule has 42 heavy (non-hydrogen) atoms. The quantitative estimate of drug-likeness (QED) is 0.253. The van der Waals surface area contributed by atoms with E-state index in [0.717, 1.165) is 20.3 Å². The van der Waals surface area contributed by atoms with Crippen molar-refractivity contribution in [2.45, 2.75) is 55.1 Å². The Kier molecular flexibility index (Phi) is 11.6. The number of nitrogens with zero attached hydrogens (tertiary/aromatic N) is 2. The molecule has 0 saturated heterocycles. The predicted molar refractivity (Wildman–Crippen MR) is 162 cm³/mol. The molecule has 3 atom stereocenters. The van der Waals surface area contributed by atoms with Gasteiger partial charge in [0.1, 0.15) is 0 Å². The maximum atomic E-state index is 13.8. The van der Waals surface area contributed by atoms with Crippen molar-refractivity contribution in [1.82, 2.24) is 9.21 Å². The summed E-state index contributed by atoms with van der Waals surface area (Å²) in [5, 5.41) is 10.0. The first kappa shape index (κ1) is 32.7. The number of sulfonamides is 1. The molecule has 3 aromatic carbocycles. The Balaban J connectivity index is 1.75. The third kappa shape index (κ3) is 7.74. The molecule has 226 valence electrons. The van der Waals surface area contributed by atoms with E-state index in [9.17, 15) is 23.1 Å². The number of amides is 2. The first-order valence-electron chi connectivity index (χ1n) is 13.7. The highest BCUT2D eigenvalue weighted by atomic mass is 32.2. The number of methoxy groups -OCH3 is 1. The van der Waals surface area contributed by atoms with Gasteiger partial charge in [-0.25, -0.2) is 18.1 Å². The Morgan fingerprint density at radius 2 is 1.43 bits per heavy atom. The maximum absolute atomic E-state index is 13.8. The largest absolute Gasteiger partial charge is 0.452 e. The van der Waals surface area contributed by atoms with Crippen LogP contribution in [0.1, 0.15) is 43.2 Å². The highest BCUT2D eigenvalue weighted by molar-refractivity contribution is 7.89. The van der Waals surface area contributed by atoms with Crippen molar-refractivity contribution in [3.8, 4) is 0 Å². The van der Waals surface area contributed by atoms with E-state index in [4.69, 9.17) is 16.2 Å². The Morgan fingerprint density at radius 3 is 1.90 bits per heavy atom. The molecule has 3 aromatic rings. The normalized spacial score (nSPS) is 13.9. The van der Waals surface area contributed by atoms with Gasteiger partial charge in [0.2, 0.25) is 15.9 Å². The summed E-state index contributed by atoms with van der Waals surface area (Å²) < 4.78 is 32.3. The van der Waals surface area contributed by atoms with Gasteiger partial charge in [0.25, 0.3) is 0 Å². The zero-order valence-electron chi connectivity index (χ0n) is 24.2. The van der Waals surface area contributed by atoms with E-state index in [-0.39, 0.29) is 11.3 Å². The molecular weight excluding hydrogens is 556 g/mol. The van der Waals surface area contributed by atoms with Crippen LogP contribution in [0, 0.1) is 0 Å². The van der Waals surface area contributed by atoms with Gasteiger partial charge in [0.05, 0.1) is 24.7 Å². The van der Waals surface area contributed by atoms with Crippen molar-refractivity contribution in [2.24, 2.45) is 5.73 Å². The number of nitrogens with two attached hydrogens (primary N) is 2. The molecule has 0 saturated carbocycles. The molecule has 10 nitrogen and oxygen atoms in total. The number of imide groups is 1. The first-order valence-corrected chi connectivity index (χ1v) is 15.2. The number of ether oxygens (including phenoxy) is 1. The number of anilines is 1. The summed E-state index contributed by atoms with van der Waals surface area (Å²) in [7, 11) is -1.27. The number of carbonyl (C=O) groups excluding carboxylic acids is 2. The minimum Gasteiger partial charge on any atom is -0.452 e. The van der Waals surface area contributed by atoms with Gasteiger partial charge in [-0.05, 0) is 61.6 Å². The molecule has 2 amide bonds. The molecule has 0 spiro atoms. The second-order valence-corrected chi connectivity index (χ2v) is 12.2. The van der Waals surface area contributed by atoms with Crippen LogP contribution < -0.4 is 11.5 Å². The Morgan fingerprint density at radius 1 is 0.905 bits per heavy atom.